The van der Waals surface area contributed by atoms with Gasteiger partial charge >= 0.3 is 0 Å². The van der Waals surface area contributed by atoms with Crippen molar-refractivity contribution in [1.82, 2.24) is 5.32 Å². The average molecular weight is 350 g/mol. The number of hydrogen-bond donors (Lipinski definition) is 2. The van der Waals surface area contributed by atoms with E-state index in [9.17, 15) is 14.0 Å². The molecule has 6 heteroatoms. The van der Waals surface area contributed by atoms with Gasteiger partial charge in [-0.2, -0.15) is 0 Å². The lowest BCUT2D eigenvalue weighted by Gasteiger charge is -2.19. The van der Waals surface area contributed by atoms with Crippen LogP contribution >= 0.6 is 11.3 Å². The minimum atomic E-state index is -0.979. The Bertz CT molecular complexity index is 683. The molecule has 1 heterocycles. The van der Waals surface area contributed by atoms with Crippen molar-refractivity contribution in [3.8, 4) is 0 Å². The maximum absolute atomic E-state index is 13.2. The zero-order valence-electron chi connectivity index (χ0n) is 13.6. The SMILES string of the molecule is N[C@H]1CCc2sc(CC(=O)[C@@H]3C[C@@H]3F)c(C(=O)NCC3CC3)c2C1. The number of Topliss-reactive ketones (excluding diaryl/α,β-unsaturated/α-hetero) is 1. The van der Waals surface area contributed by atoms with Crippen LogP contribution in [0, 0.1) is 11.8 Å². The van der Waals surface area contributed by atoms with Crippen molar-refractivity contribution in [3.63, 3.8) is 0 Å². The van der Waals surface area contributed by atoms with Gasteiger partial charge in [-0.1, -0.05) is 0 Å². The van der Waals surface area contributed by atoms with Crippen LogP contribution in [0.1, 0.15) is 51.4 Å². The molecule has 2 saturated carbocycles. The van der Waals surface area contributed by atoms with E-state index in [0.29, 0.717) is 30.9 Å². The van der Waals surface area contributed by atoms with Crippen LogP contribution in [0.5, 0.6) is 0 Å². The summed E-state index contributed by atoms with van der Waals surface area (Å²) in [4.78, 5) is 27.0. The van der Waals surface area contributed by atoms with Crippen LogP contribution in [-0.2, 0) is 24.1 Å². The van der Waals surface area contributed by atoms with Crippen LogP contribution in [0.4, 0.5) is 4.39 Å². The van der Waals surface area contributed by atoms with Crippen LogP contribution in [0.2, 0.25) is 0 Å². The van der Waals surface area contributed by atoms with Crippen molar-refractivity contribution in [1.29, 1.82) is 0 Å². The molecule has 130 valence electrons. The van der Waals surface area contributed by atoms with Crippen molar-refractivity contribution in [3.05, 3.63) is 20.9 Å². The summed E-state index contributed by atoms with van der Waals surface area (Å²) in [5.41, 5.74) is 7.79. The molecule has 1 amide bonds. The lowest BCUT2D eigenvalue weighted by atomic mass is 9.90. The fraction of sp³-hybridized carbons (Fsp3) is 0.667. The molecule has 24 heavy (non-hydrogen) atoms. The van der Waals surface area contributed by atoms with E-state index in [2.05, 4.69) is 5.32 Å². The zero-order valence-corrected chi connectivity index (χ0v) is 14.5. The van der Waals surface area contributed by atoms with Gasteiger partial charge in [-0.05, 0) is 50.0 Å². The second kappa shape index (κ2) is 6.23. The van der Waals surface area contributed by atoms with E-state index in [1.54, 1.807) is 11.3 Å². The fourth-order valence-electron chi connectivity index (χ4n) is 3.49. The first-order valence-electron chi connectivity index (χ1n) is 8.87. The first kappa shape index (κ1) is 16.2. The van der Waals surface area contributed by atoms with Gasteiger partial charge in [-0.3, -0.25) is 9.59 Å². The smallest absolute Gasteiger partial charge is 0.252 e. The standard InChI is InChI=1S/C18H23FN2O2S/c19-13-6-11(13)14(22)7-16-17(18(23)21-8-9-1-2-9)12-5-10(20)3-4-15(12)24-16/h9-11,13H,1-8,20H2,(H,21,23)/t10-,11+,13-/m0/s1. The predicted molar refractivity (Wildman–Crippen MR) is 91.1 cm³/mol. The van der Waals surface area contributed by atoms with Crippen LogP contribution in [0.15, 0.2) is 0 Å². The van der Waals surface area contributed by atoms with E-state index in [-0.39, 0.29) is 24.2 Å². The molecule has 3 N–H and O–H groups in total. The molecular formula is C18H23FN2O2S. The lowest BCUT2D eigenvalue weighted by molar-refractivity contribution is -0.119. The van der Waals surface area contributed by atoms with Gasteiger partial charge in [0, 0.05) is 28.8 Å². The number of ketones is 1. The molecule has 3 atom stereocenters. The number of rotatable bonds is 6. The highest BCUT2D eigenvalue weighted by atomic mass is 32.1. The van der Waals surface area contributed by atoms with E-state index in [4.69, 9.17) is 5.73 Å². The van der Waals surface area contributed by atoms with Gasteiger partial charge in [0.15, 0.2) is 0 Å². The van der Waals surface area contributed by atoms with Gasteiger partial charge in [-0.15, -0.1) is 11.3 Å². The Morgan fingerprint density at radius 1 is 1.29 bits per heavy atom. The number of hydrogen-bond acceptors (Lipinski definition) is 4. The van der Waals surface area contributed by atoms with Crippen LogP contribution in [0.25, 0.3) is 0 Å². The van der Waals surface area contributed by atoms with E-state index in [1.165, 1.54) is 17.7 Å². The normalized spacial score (nSPS) is 28.3. The zero-order chi connectivity index (χ0) is 16.8. The number of carbonyl (C=O) groups excluding carboxylic acids is 2. The maximum atomic E-state index is 13.2. The van der Waals surface area contributed by atoms with Crippen LogP contribution in [-0.4, -0.2) is 30.4 Å². The number of halogens is 1. The van der Waals surface area contributed by atoms with Crippen molar-refractivity contribution in [2.75, 3.05) is 6.54 Å². The van der Waals surface area contributed by atoms with E-state index < -0.39 is 12.1 Å². The summed E-state index contributed by atoms with van der Waals surface area (Å²) in [6, 6.07) is 0.0734. The van der Waals surface area contributed by atoms with Gasteiger partial charge in [0.25, 0.3) is 5.91 Å². The quantitative estimate of drug-likeness (QED) is 0.826. The fourth-order valence-corrected chi connectivity index (χ4v) is 4.85. The van der Waals surface area contributed by atoms with E-state index in [0.717, 1.165) is 23.3 Å². The van der Waals surface area contributed by atoms with Gasteiger partial charge in [0.1, 0.15) is 12.0 Å². The molecule has 0 radical (unpaired) electrons. The van der Waals surface area contributed by atoms with E-state index in [1.807, 2.05) is 0 Å². The van der Waals surface area contributed by atoms with Crippen LogP contribution in [0.3, 0.4) is 0 Å². The Morgan fingerprint density at radius 3 is 2.71 bits per heavy atom. The molecule has 3 aliphatic carbocycles. The maximum Gasteiger partial charge on any atom is 0.252 e. The summed E-state index contributed by atoms with van der Waals surface area (Å²) in [6.45, 7) is 0.706. The monoisotopic (exact) mass is 350 g/mol. The Morgan fingerprint density at radius 2 is 2.04 bits per heavy atom. The van der Waals surface area contributed by atoms with Crippen molar-refractivity contribution in [2.45, 2.75) is 57.2 Å². The number of alkyl halides is 1. The van der Waals surface area contributed by atoms with Gasteiger partial charge in [-0.25, -0.2) is 4.39 Å². The number of fused-ring (bicyclic) bond motifs is 1. The average Bonchev–Trinajstić information content (AvgIpc) is 3.44. The molecule has 1 aromatic heterocycles. The molecule has 4 nitrogen and oxygen atoms in total. The number of nitrogens with two attached hydrogens (primary N) is 1. The molecule has 0 spiro atoms. The summed E-state index contributed by atoms with van der Waals surface area (Å²) >= 11 is 1.56. The summed E-state index contributed by atoms with van der Waals surface area (Å²) in [5.74, 6) is 0.00815. The molecular weight excluding hydrogens is 327 g/mol. The number of aryl methyl sites for hydroxylation is 1. The highest BCUT2D eigenvalue weighted by Crippen LogP contribution is 2.39. The third-order valence-corrected chi connectivity index (χ3v) is 6.60. The van der Waals surface area contributed by atoms with Crippen molar-refractivity contribution in [2.24, 2.45) is 17.6 Å². The first-order valence-corrected chi connectivity index (χ1v) is 9.68. The molecule has 0 unspecified atom stereocenters. The van der Waals surface area contributed by atoms with Crippen molar-refractivity contribution < 1.29 is 14.0 Å². The van der Waals surface area contributed by atoms with Crippen LogP contribution < -0.4 is 11.1 Å². The Balaban J connectivity index is 1.58. The first-order chi connectivity index (χ1) is 11.5. The molecule has 0 aromatic carbocycles. The summed E-state index contributed by atoms with van der Waals surface area (Å²) in [6.07, 6.45) is 4.39. The van der Waals surface area contributed by atoms with Gasteiger partial charge in [0.05, 0.1) is 11.5 Å². The largest absolute Gasteiger partial charge is 0.352 e. The molecule has 1 aromatic rings. The number of carbonyl (C=O) groups is 2. The second-order valence-corrected chi connectivity index (χ2v) is 8.65. The Kier molecular flexibility index (Phi) is 4.21. The Hall–Kier alpha value is -1.27. The topological polar surface area (TPSA) is 72.2 Å². The lowest BCUT2D eigenvalue weighted by Crippen LogP contribution is -2.31. The predicted octanol–water partition coefficient (Wildman–Crippen LogP) is 2.17. The minimum Gasteiger partial charge on any atom is -0.352 e. The van der Waals surface area contributed by atoms with Gasteiger partial charge in [0.2, 0.25) is 0 Å². The highest BCUT2D eigenvalue weighted by molar-refractivity contribution is 7.12. The molecule has 3 aliphatic rings. The molecule has 4 rings (SSSR count). The number of thiophene rings is 1. The summed E-state index contributed by atoms with van der Waals surface area (Å²) in [5, 5.41) is 3.02. The minimum absolute atomic E-state index is 0.0679. The summed E-state index contributed by atoms with van der Waals surface area (Å²) < 4.78 is 13.2. The molecule has 0 saturated heterocycles. The third kappa shape index (κ3) is 3.26. The summed E-state index contributed by atoms with van der Waals surface area (Å²) in [7, 11) is 0. The third-order valence-electron chi connectivity index (χ3n) is 5.31. The molecule has 2 fully saturated rings. The Labute approximate surface area is 145 Å². The van der Waals surface area contributed by atoms with Crippen molar-refractivity contribution >= 4 is 23.0 Å². The number of nitrogens with one attached hydrogen (secondary N) is 1. The second-order valence-electron chi connectivity index (χ2n) is 7.46. The van der Waals surface area contributed by atoms with E-state index >= 15 is 0 Å². The number of amides is 1. The highest BCUT2D eigenvalue weighted by Gasteiger charge is 2.43. The van der Waals surface area contributed by atoms with Gasteiger partial charge < -0.3 is 11.1 Å². The molecule has 0 aliphatic heterocycles. The molecule has 0 bridgehead atoms.